The zero-order chi connectivity index (χ0) is 14.7. The Morgan fingerprint density at radius 1 is 1.11 bits per heavy atom. The van der Waals surface area contributed by atoms with E-state index < -0.39 is 0 Å². The summed E-state index contributed by atoms with van der Waals surface area (Å²) in [6, 6.07) is 5.39. The van der Waals surface area contributed by atoms with E-state index in [1.165, 1.54) is 5.56 Å². The third-order valence-electron chi connectivity index (χ3n) is 3.75. The molecule has 0 bridgehead atoms. The molecule has 0 saturated carbocycles. The van der Waals surface area contributed by atoms with E-state index in [0.717, 1.165) is 13.1 Å². The zero-order valence-corrected chi connectivity index (χ0v) is 13.0. The number of hydrogen-bond donors (Lipinski definition) is 2. The first-order valence-corrected chi connectivity index (χ1v) is 6.84. The van der Waals surface area contributed by atoms with Crippen LogP contribution in [0.2, 0.25) is 0 Å². The summed E-state index contributed by atoms with van der Waals surface area (Å²) >= 11 is 0. The molecule has 1 aromatic rings. The van der Waals surface area contributed by atoms with Crippen molar-refractivity contribution in [1.82, 2.24) is 10.6 Å². The van der Waals surface area contributed by atoms with Crippen molar-refractivity contribution in [2.75, 3.05) is 20.1 Å². The summed E-state index contributed by atoms with van der Waals surface area (Å²) in [6.07, 6.45) is 0. The lowest BCUT2D eigenvalue weighted by Gasteiger charge is -2.30. The molecule has 0 aliphatic rings. The zero-order valence-electron chi connectivity index (χ0n) is 13.0. The molecule has 1 aromatic carbocycles. The second-order valence-electron chi connectivity index (χ2n) is 6.59. The molecule has 0 unspecified atom stereocenters. The summed E-state index contributed by atoms with van der Waals surface area (Å²) in [6.45, 7) is 12.3. The van der Waals surface area contributed by atoms with Gasteiger partial charge in [-0.3, -0.25) is 0 Å². The second kappa shape index (κ2) is 6.02. The van der Waals surface area contributed by atoms with Gasteiger partial charge in [0.1, 0.15) is 5.82 Å². The van der Waals surface area contributed by atoms with Crippen LogP contribution in [-0.2, 0) is 5.41 Å². The Hall–Kier alpha value is -0.930. The van der Waals surface area contributed by atoms with Crippen molar-refractivity contribution in [3.8, 4) is 0 Å². The van der Waals surface area contributed by atoms with Gasteiger partial charge in [-0.25, -0.2) is 4.39 Å². The number of rotatable bonds is 6. The molecule has 2 nitrogen and oxygen atoms in total. The van der Waals surface area contributed by atoms with Gasteiger partial charge in [-0.15, -0.1) is 0 Å². The fourth-order valence-corrected chi connectivity index (χ4v) is 1.94. The van der Waals surface area contributed by atoms with Gasteiger partial charge in [0, 0.05) is 24.0 Å². The van der Waals surface area contributed by atoms with Crippen LogP contribution in [0.1, 0.15) is 38.8 Å². The van der Waals surface area contributed by atoms with E-state index in [2.05, 4.69) is 38.3 Å². The van der Waals surface area contributed by atoms with E-state index in [4.69, 9.17) is 0 Å². The summed E-state index contributed by atoms with van der Waals surface area (Å²) in [5.74, 6) is -0.135. The predicted octanol–water partition coefficient (Wildman–Crippen LogP) is 3.00. The smallest absolute Gasteiger partial charge is 0.126 e. The maximum absolute atomic E-state index is 13.3. The van der Waals surface area contributed by atoms with Gasteiger partial charge in [-0.2, -0.15) is 0 Å². The van der Waals surface area contributed by atoms with Crippen LogP contribution in [0.4, 0.5) is 4.39 Å². The van der Waals surface area contributed by atoms with E-state index in [9.17, 15) is 4.39 Å². The largest absolute Gasteiger partial charge is 0.314 e. The van der Waals surface area contributed by atoms with Crippen LogP contribution in [0.25, 0.3) is 0 Å². The topological polar surface area (TPSA) is 24.1 Å². The van der Waals surface area contributed by atoms with E-state index in [1.807, 2.05) is 26.1 Å². The van der Waals surface area contributed by atoms with E-state index in [0.29, 0.717) is 5.56 Å². The molecule has 2 N–H and O–H groups in total. The molecule has 0 aromatic heterocycles. The molecular weight excluding hydrogens is 239 g/mol. The molecule has 0 aliphatic carbocycles. The lowest BCUT2D eigenvalue weighted by atomic mass is 9.83. The Balaban J connectivity index is 2.67. The van der Waals surface area contributed by atoms with Gasteiger partial charge in [-0.1, -0.05) is 26.0 Å². The Morgan fingerprint density at radius 2 is 1.74 bits per heavy atom. The van der Waals surface area contributed by atoms with Crippen LogP contribution in [-0.4, -0.2) is 25.7 Å². The molecule has 0 saturated heterocycles. The first-order valence-electron chi connectivity index (χ1n) is 6.84. The van der Waals surface area contributed by atoms with Crippen LogP contribution in [0, 0.1) is 12.7 Å². The van der Waals surface area contributed by atoms with Crippen LogP contribution in [0.5, 0.6) is 0 Å². The first-order chi connectivity index (χ1) is 8.68. The van der Waals surface area contributed by atoms with E-state index >= 15 is 0 Å². The number of aryl methyl sites for hydroxylation is 1. The number of hydrogen-bond acceptors (Lipinski definition) is 2. The molecule has 0 spiro atoms. The predicted molar refractivity (Wildman–Crippen MR) is 80.2 cm³/mol. The minimum Gasteiger partial charge on any atom is -0.314 e. The second-order valence-corrected chi connectivity index (χ2v) is 6.59. The van der Waals surface area contributed by atoms with E-state index in [-0.39, 0.29) is 16.8 Å². The minimum atomic E-state index is -0.135. The summed E-state index contributed by atoms with van der Waals surface area (Å²) < 4.78 is 13.3. The van der Waals surface area contributed by atoms with Crippen molar-refractivity contribution < 1.29 is 4.39 Å². The lowest BCUT2D eigenvalue weighted by molar-refractivity contribution is 0.367. The van der Waals surface area contributed by atoms with Gasteiger partial charge in [0.05, 0.1) is 0 Å². The maximum Gasteiger partial charge on any atom is 0.126 e. The third-order valence-corrected chi connectivity index (χ3v) is 3.75. The molecular formula is C16H27FN2. The fraction of sp³-hybridized carbons (Fsp3) is 0.625. The first kappa shape index (κ1) is 16.1. The van der Waals surface area contributed by atoms with Crippen molar-refractivity contribution in [1.29, 1.82) is 0 Å². The Labute approximate surface area is 116 Å². The molecule has 0 fully saturated rings. The molecule has 108 valence electrons. The SMILES string of the molecule is CNC(C)(C)CNCC(C)(C)c1ccc(F)c(C)c1. The molecule has 19 heavy (non-hydrogen) atoms. The Morgan fingerprint density at radius 3 is 2.26 bits per heavy atom. The molecule has 0 amide bonds. The highest BCUT2D eigenvalue weighted by atomic mass is 19.1. The van der Waals surface area contributed by atoms with Gasteiger partial charge in [0.15, 0.2) is 0 Å². The molecule has 0 heterocycles. The molecule has 0 atom stereocenters. The van der Waals surface area contributed by atoms with Crippen molar-refractivity contribution in [3.63, 3.8) is 0 Å². The summed E-state index contributed by atoms with van der Waals surface area (Å²) in [5.41, 5.74) is 1.94. The highest BCUT2D eigenvalue weighted by molar-refractivity contribution is 5.29. The van der Waals surface area contributed by atoms with E-state index in [1.54, 1.807) is 6.07 Å². The summed E-state index contributed by atoms with van der Waals surface area (Å²) in [4.78, 5) is 0. The third kappa shape index (κ3) is 4.59. The molecule has 0 aliphatic heterocycles. The quantitative estimate of drug-likeness (QED) is 0.827. The van der Waals surface area contributed by atoms with Gasteiger partial charge in [0.2, 0.25) is 0 Å². The van der Waals surface area contributed by atoms with Gasteiger partial charge >= 0.3 is 0 Å². The number of nitrogens with one attached hydrogen (secondary N) is 2. The Bertz CT molecular complexity index is 425. The average Bonchev–Trinajstić information content (AvgIpc) is 2.32. The fourth-order valence-electron chi connectivity index (χ4n) is 1.94. The minimum absolute atomic E-state index is 0.0116. The van der Waals surface area contributed by atoms with Gasteiger partial charge in [-0.05, 0) is 45.0 Å². The van der Waals surface area contributed by atoms with Crippen molar-refractivity contribution in [2.45, 2.75) is 45.6 Å². The molecule has 0 radical (unpaired) electrons. The highest BCUT2D eigenvalue weighted by Crippen LogP contribution is 2.24. The van der Waals surface area contributed by atoms with Crippen molar-refractivity contribution >= 4 is 0 Å². The molecule has 1 rings (SSSR count). The standard InChI is InChI=1S/C16H27FN2/c1-12-9-13(7-8-14(12)17)15(2,3)10-19-11-16(4,5)18-6/h7-9,18-19H,10-11H2,1-6H3. The highest BCUT2D eigenvalue weighted by Gasteiger charge is 2.22. The van der Waals surface area contributed by atoms with Crippen LogP contribution < -0.4 is 10.6 Å². The summed E-state index contributed by atoms with van der Waals surface area (Å²) in [7, 11) is 1.97. The summed E-state index contributed by atoms with van der Waals surface area (Å²) in [5, 5.41) is 6.76. The Kier molecular flexibility index (Phi) is 5.11. The van der Waals surface area contributed by atoms with Crippen molar-refractivity contribution in [2.24, 2.45) is 0 Å². The van der Waals surface area contributed by atoms with Crippen LogP contribution in [0.3, 0.4) is 0 Å². The lowest BCUT2D eigenvalue weighted by Crippen LogP contribution is -2.48. The van der Waals surface area contributed by atoms with Crippen LogP contribution >= 0.6 is 0 Å². The normalized spacial score (nSPS) is 12.8. The number of benzene rings is 1. The van der Waals surface area contributed by atoms with Gasteiger partial charge < -0.3 is 10.6 Å². The molecule has 3 heteroatoms. The maximum atomic E-state index is 13.3. The average molecular weight is 266 g/mol. The van der Waals surface area contributed by atoms with Crippen LogP contribution in [0.15, 0.2) is 18.2 Å². The van der Waals surface area contributed by atoms with Gasteiger partial charge in [0.25, 0.3) is 0 Å². The monoisotopic (exact) mass is 266 g/mol. The van der Waals surface area contributed by atoms with Crippen molar-refractivity contribution in [3.05, 3.63) is 35.1 Å². The number of likely N-dealkylation sites (N-methyl/N-ethyl adjacent to an activating group) is 1. The number of halogens is 1.